The number of nitrogens with one attached hydrogen (secondary N) is 3. The van der Waals surface area contributed by atoms with Gasteiger partial charge < -0.3 is 0 Å². The monoisotopic (exact) mass is 690 g/mol. The SMILES string of the molecule is CC(C)(C)c1n[nH]c(C(C)(C)C)c1B(c1c(C(C)(C)C)n[nH]c1C(C)(C)C)c1c(C(C)(C)C)n[nH]c1C(C)(C)C.Cl.[Pd]. The van der Waals surface area contributed by atoms with Crippen LogP contribution in [0.25, 0.3) is 0 Å². The molecule has 0 aliphatic carbocycles. The minimum Gasteiger partial charge on any atom is -0.282 e. The molecule has 3 heterocycles. The molecule has 0 aliphatic rings. The van der Waals surface area contributed by atoms with Crippen molar-refractivity contribution >= 4 is 35.5 Å². The van der Waals surface area contributed by atoms with Crippen molar-refractivity contribution in [2.24, 2.45) is 0 Å². The molecule has 0 bridgehead atoms. The van der Waals surface area contributed by atoms with Crippen molar-refractivity contribution < 1.29 is 20.4 Å². The number of hydrogen-bond donors (Lipinski definition) is 3. The van der Waals surface area contributed by atoms with Crippen LogP contribution in [-0.2, 0) is 52.9 Å². The summed E-state index contributed by atoms with van der Waals surface area (Å²) in [6, 6.07) is 0. The van der Waals surface area contributed by atoms with Crippen molar-refractivity contribution in [1.29, 1.82) is 0 Å². The van der Waals surface area contributed by atoms with Crippen molar-refractivity contribution in [2.75, 3.05) is 0 Å². The maximum atomic E-state index is 5.08. The summed E-state index contributed by atoms with van der Waals surface area (Å²) in [6.07, 6.45) is 0. The Balaban J connectivity index is 0.00000441. The summed E-state index contributed by atoms with van der Waals surface area (Å²) >= 11 is 0. The molecule has 0 spiro atoms. The summed E-state index contributed by atoms with van der Waals surface area (Å²) in [5.41, 5.74) is 9.63. The average Bonchev–Trinajstić information content (AvgIpc) is 3.42. The molecule has 42 heavy (non-hydrogen) atoms. The molecular formula is C33H58BClN6Pd. The number of halogens is 1. The first-order valence-electron chi connectivity index (χ1n) is 15.0. The van der Waals surface area contributed by atoms with E-state index in [9.17, 15) is 0 Å². The van der Waals surface area contributed by atoms with Crippen LogP contribution in [0.1, 0.15) is 159 Å². The van der Waals surface area contributed by atoms with Gasteiger partial charge in [0.2, 0.25) is 0 Å². The van der Waals surface area contributed by atoms with Crippen LogP contribution < -0.4 is 16.4 Å². The minimum atomic E-state index is -0.172. The van der Waals surface area contributed by atoms with Gasteiger partial charge in [0.05, 0.1) is 17.1 Å². The average molecular weight is 692 g/mol. The summed E-state index contributed by atoms with van der Waals surface area (Å²) in [5.74, 6) is 0. The van der Waals surface area contributed by atoms with E-state index in [2.05, 4.69) is 140 Å². The van der Waals surface area contributed by atoms with Gasteiger partial charge in [-0.05, 0) is 16.4 Å². The Labute approximate surface area is 276 Å². The Hall–Kier alpha value is -1.35. The molecule has 240 valence electrons. The quantitative estimate of drug-likeness (QED) is 0.272. The van der Waals surface area contributed by atoms with Gasteiger partial charge in [-0.25, -0.2) is 0 Å². The normalized spacial score (nSPS) is 13.6. The molecule has 0 unspecified atom stereocenters. The number of hydrogen-bond acceptors (Lipinski definition) is 3. The number of nitrogens with zero attached hydrogens (tertiary/aromatic N) is 3. The Kier molecular flexibility index (Phi) is 10.9. The summed E-state index contributed by atoms with van der Waals surface area (Å²) < 4.78 is 0. The van der Waals surface area contributed by atoms with Crippen molar-refractivity contribution in [1.82, 2.24) is 30.6 Å². The minimum absolute atomic E-state index is 0. The molecule has 6 nitrogen and oxygen atoms in total. The first-order valence-corrected chi connectivity index (χ1v) is 15.0. The van der Waals surface area contributed by atoms with Crippen LogP contribution in [0.3, 0.4) is 0 Å². The molecule has 3 N–H and O–H groups in total. The predicted molar refractivity (Wildman–Crippen MR) is 180 cm³/mol. The molecule has 0 saturated heterocycles. The maximum Gasteiger partial charge on any atom is 0.255 e. The van der Waals surface area contributed by atoms with Crippen molar-refractivity contribution in [3.63, 3.8) is 0 Å². The van der Waals surface area contributed by atoms with E-state index < -0.39 is 0 Å². The first-order chi connectivity index (χ1) is 17.7. The fourth-order valence-electron chi connectivity index (χ4n) is 5.76. The number of H-pyrrole nitrogens is 3. The summed E-state index contributed by atoms with van der Waals surface area (Å²) in [4.78, 5) is 0. The third-order valence-electron chi connectivity index (χ3n) is 7.66. The van der Waals surface area contributed by atoms with Crippen LogP contribution in [-0.4, -0.2) is 37.3 Å². The van der Waals surface area contributed by atoms with E-state index in [4.69, 9.17) is 15.3 Å². The predicted octanol–water partition coefficient (Wildman–Crippen LogP) is 6.58. The Morgan fingerprint density at radius 1 is 0.381 bits per heavy atom. The summed E-state index contributed by atoms with van der Waals surface area (Å²) in [6.45, 7) is 40.8. The molecule has 0 aliphatic heterocycles. The zero-order valence-corrected chi connectivity index (χ0v) is 32.0. The van der Waals surface area contributed by atoms with E-state index in [1.807, 2.05) is 0 Å². The van der Waals surface area contributed by atoms with Crippen LogP contribution in [0, 0.1) is 0 Å². The van der Waals surface area contributed by atoms with Gasteiger partial charge in [0.25, 0.3) is 6.71 Å². The standard InChI is InChI=1S/C33H57BN6.ClH.Pd/c1-28(2,3)22-19(23(36-35-22)29(4,5)6)34(20-24(30(7,8)9)37-38-25(20)31(10,11)12)21-26(32(13,14)15)39-40-27(21)33(16,17)18;;/h1-18H3,(H,35,36)(H,37,38)(H,39,40);1H;. The molecule has 3 aromatic rings. The molecule has 0 fully saturated rings. The van der Waals surface area contributed by atoms with Gasteiger partial charge in [-0.1, -0.05) is 125 Å². The molecular weight excluding hydrogens is 633 g/mol. The Morgan fingerprint density at radius 2 is 0.571 bits per heavy atom. The van der Waals surface area contributed by atoms with Gasteiger partial charge in [0.15, 0.2) is 0 Å². The summed E-state index contributed by atoms with van der Waals surface area (Å²) in [7, 11) is 0. The Bertz CT molecular complexity index is 1090. The first kappa shape index (κ1) is 38.7. The van der Waals surface area contributed by atoms with E-state index in [0.717, 1.165) is 17.1 Å². The van der Waals surface area contributed by atoms with Crippen LogP contribution in [0.2, 0.25) is 0 Å². The van der Waals surface area contributed by atoms with Gasteiger partial charge >= 0.3 is 0 Å². The largest absolute Gasteiger partial charge is 0.282 e. The van der Waals surface area contributed by atoms with Gasteiger partial charge in [-0.3, -0.25) is 15.3 Å². The van der Waals surface area contributed by atoms with Crippen molar-refractivity contribution in [3.05, 3.63) is 34.2 Å². The van der Waals surface area contributed by atoms with Gasteiger partial charge in [0, 0.05) is 70.0 Å². The third-order valence-corrected chi connectivity index (χ3v) is 7.66. The van der Waals surface area contributed by atoms with E-state index in [1.54, 1.807) is 0 Å². The van der Waals surface area contributed by atoms with E-state index in [1.165, 1.54) is 33.5 Å². The second-order valence-electron chi connectivity index (χ2n) is 18.0. The third kappa shape index (κ3) is 7.47. The van der Waals surface area contributed by atoms with Crippen LogP contribution in [0.15, 0.2) is 0 Å². The van der Waals surface area contributed by atoms with Crippen molar-refractivity contribution in [3.8, 4) is 0 Å². The van der Waals surface area contributed by atoms with Crippen LogP contribution in [0.5, 0.6) is 0 Å². The fraction of sp³-hybridized carbons (Fsp3) is 0.727. The van der Waals surface area contributed by atoms with E-state index >= 15 is 0 Å². The molecule has 9 heteroatoms. The molecule has 0 amide bonds. The zero-order chi connectivity index (χ0) is 31.0. The molecule has 0 aromatic carbocycles. The Morgan fingerprint density at radius 3 is 0.714 bits per heavy atom. The van der Waals surface area contributed by atoms with Gasteiger partial charge in [-0.2, -0.15) is 15.3 Å². The van der Waals surface area contributed by atoms with E-state index in [0.29, 0.717) is 0 Å². The van der Waals surface area contributed by atoms with Gasteiger partial charge in [-0.15, -0.1) is 12.4 Å². The van der Waals surface area contributed by atoms with Gasteiger partial charge in [0.1, 0.15) is 0 Å². The topological polar surface area (TPSA) is 86.0 Å². The second-order valence-corrected chi connectivity index (χ2v) is 18.0. The number of aromatic amines is 3. The molecule has 0 atom stereocenters. The number of rotatable bonds is 3. The molecule has 0 radical (unpaired) electrons. The van der Waals surface area contributed by atoms with Crippen LogP contribution in [0.4, 0.5) is 0 Å². The summed E-state index contributed by atoms with van der Waals surface area (Å²) in [5, 5.41) is 25.9. The van der Waals surface area contributed by atoms with Crippen LogP contribution >= 0.6 is 12.4 Å². The molecule has 3 rings (SSSR count). The van der Waals surface area contributed by atoms with Crippen molar-refractivity contribution in [2.45, 2.75) is 157 Å². The number of aromatic nitrogens is 6. The smallest absolute Gasteiger partial charge is 0.255 e. The maximum absolute atomic E-state index is 5.08. The molecule has 0 saturated carbocycles. The zero-order valence-electron chi connectivity index (χ0n) is 29.6. The fourth-order valence-corrected chi connectivity index (χ4v) is 5.76. The van der Waals surface area contributed by atoms with E-state index in [-0.39, 0.29) is 72.0 Å². The molecule has 3 aromatic heterocycles. The second kappa shape index (κ2) is 11.9.